The molecular formula is C29H31Cl2N3O3. The Morgan fingerprint density at radius 3 is 2.32 bits per heavy atom. The fourth-order valence-electron chi connectivity index (χ4n) is 4.64. The van der Waals surface area contributed by atoms with E-state index in [1.165, 1.54) is 4.90 Å². The van der Waals surface area contributed by atoms with Crippen LogP contribution in [0.2, 0.25) is 10.0 Å². The second-order valence-corrected chi connectivity index (χ2v) is 10.3. The molecule has 0 saturated carbocycles. The van der Waals surface area contributed by atoms with Crippen molar-refractivity contribution in [1.29, 1.82) is 0 Å². The van der Waals surface area contributed by atoms with Gasteiger partial charge in [0, 0.05) is 52.1 Å². The molecular weight excluding hydrogens is 509 g/mol. The molecule has 0 aliphatic carbocycles. The van der Waals surface area contributed by atoms with Gasteiger partial charge in [0.2, 0.25) is 11.8 Å². The number of halogens is 2. The molecule has 194 valence electrons. The van der Waals surface area contributed by atoms with Crippen molar-refractivity contribution in [2.75, 3.05) is 11.4 Å². The number of benzene rings is 3. The Kier molecular flexibility index (Phi) is 8.40. The van der Waals surface area contributed by atoms with Crippen molar-refractivity contribution >= 4 is 57.4 Å². The van der Waals surface area contributed by atoms with E-state index in [0.717, 1.165) is 22.9 Å². The van der Waals surface area contributed by atoms with Crippen LogP contribution in [-0.2, 0) is 16.1 Å². The maximum Gasteiger partial charge on any atom is 0.258 e. The molecule has 1 aliphatic rings. The zero-order valence-electron chi connectivity index (χ0n) is 21.3. The monoisotopic (exact) mass is 539 g/mol. The highest BCUT2D eigenvalue weighted by Gasteiger charge is 2.31. The van der Waals surface area contributed by atoms with Crippen molar-refractivity contribution in [2.24, 2.45) is 0 Å². The van der Waals surface area contributed by atoms with Crippen molar-refractivity contribution < 1.29 is 14.4 Å². The number of carbonyl (C=O) groups is 3. The van der Waals surface area contributed by atoms with Gasteiger partial charge in [-0.05, 0) is 56.3 Å². The maximum atomic E-state index is 13.5. The van der Waals surface area contributed by atoms with Gasteiger partial charge in [0.15, 0.2) is 0 Å². The molecule has 3 aromatic carbocycles. The number of hydrogen-bond donors (Lipinski definition) is 1. The van der Waals surface area contributed by atoms with Gasteiger partial charge in [0.05, 0.1) is 5.69 Å². The Morgan fingerprint density at radius 2 is 1.65 bits per heavy atom. The van der Waals surface area contributed by atoms with Gasteiger partial charge in [0.25, 0.3) is 5.91 Å². The van der Waals surface area contributed by atoms with Gasteiger partial charge in [-0.15, -0.1) is 0 Å². The standard InChI is InChI=1S/C29H31Cl2N3O3/c1-4-18(2)32-28(36)19(3)34(17-22-23(30)12-7-13-24(22)31)26(35)15-8-16-33-25-14-6-10-20-9-5-11-21(27(20)25)29(33)37/h5-7,9-14,18-19H,4,8,15-17H2,1-3H3,(H,32,36)/t18-,19-/m1/s1. The second-order valence-electron chi connectivity index (χ2n) is 9.46. The summed E-state index contributed by atoms with van der Waals surface area (Å²) in [6, 6.07) is 16.0. The van der Waals surface area contributed by atoms with E-state index < -0.39 is 6.04 Å². The lowest BCUT2D eigenvalue weighted by atomic mass is 10.1. The molecule has 8 heteroatoms. The summed E-state index contributed by atoms with van der Waals surface area (Å²) < 4.78 is 0. The lowest BCUT2D eigenvalue weighted by Crippen LogP contribution is -2.49. The van der Waals surface area contributed by atoms with Crippen molar-refractivity contribution in [3.05, 3.63) is 75.8 Å². The molecule has 1 heterocycles. The maximum absolute atomic E-state index is 13.5. The predicted octanol–water partition coefficient (Wildman–Crippen LogP) is 6.22. The van der Waals surface area contributed by atoms with Crippen LogP contribution in [0.3, 0.4) is 0 Å². The Morgan fingerprint density at radius 1 is 1.00 bits per heavy atom. The van der Waals surface area contributed by atoms with Crippen LogP contribution in [0.5, 0.6) is 0 Å². The van der Waals surface area contributed by atoms with Gasteiger partial charge in [0.1, 0.15) is 6.04 Å². The average Bonchev–Trinajstić information content (AvgIpc) is 3.16. The fourth-order valence-corrected chi connectivity index (χ4v) is 5.15. The number of nitrogens with zero attached hydrogens (tertiary/aromatic N) is 2. The third kappa shape index (κ3) is 5.60. The molecule has 2 atom stereocenters. The molecule has 0 unspecified atom stereocenters. The number of carbonyl (C=O) groups excluding carboxylic acids is 3. The van der Waals surface area contributed by atoms with Crippen LogP contribution in [0.1, 0.15) is 56.0 Å². The summed E-state index contributed by atoms with van der Waals surface area (Å²) in [5, 5.41) is 5.80. The zero-order chi connectivity index (χ0) is 26.7. The van der Waals surface area contributed by atoms with Crippen LogP contribution in [0.25, 0.3) is 10.8 Å². The third-order valence-electron chi connectivity index (χ3n) is 6.98. The summed E-state index contributed by atoms with van der Waals surface area (Å²) in [6.45, 7) is 6.13. The average molecular weight is 540 g/mol. The molecule has 3 amide bonds. The first-order valence-electron chi connectivity index (χ1n) is 12.6. The quantitative estimate of drug-likeness (QED) is 0.332. The number of nitrogens with one attached hydrogen (secondary N) is 1. The zero-order valence-corrected chi connectivity index (χ0v) is 22.8. The largest absolute Gasteiger partial charge is 0.352 e. The number of rotatable bonds is 10. The first-order chi connectivity index (χ1) is 17.7. The lowest BCUT2D eigenvalue weighted by Gasteiger charge is -2.30. The Bertz CT molecular complexity index is 1320. The molecule has 0 radical (unpaired) electrons. The minimum atomic E-state index is -0.722. The highest BCUT2D eigenvalue weighted by Crippen LogP contribution is 2.37. The minimum Gasteiger partial charge on any atom is -0.352 e. The van der Waals surface area contributed by atoms with Crippen molar-refractivity contribution in [3.8, 4) is 0 Å². The van der Waals surface area contributed by atoms with E-state index in [1.54, 1.807) is 30.0 Å². The lowest BCUT2D eigenvalue weighted by molar-refractivity contribution is -0.140. The minimum absolute atomic E-state index is 0.0127. The molecule has 0 fully saturated rings. The topological polar surface area (TPSA) is 69.7 Å². The normalized spacial score (nSPS) is 14.1. The van der Waals surface area contributed by atoms with Crippen molar-refractivity contribution in [1.82, 2.24) is 10.2 Å². The van der Waals surface area contributed by atoms with E-state index in [-0.39, 0.29) is 36.7 Å². The number of anilines is 1. The highest BCUT2D eigenvalue weighted by atomic mass is 35.5. The SMILES string of the molecule is CC[C@@H](C)NC(=O)[C@@H](C)N(Cc1c(Cl)cccc1Cl)C(=O)CCCN1C(=O)c2cccc3cccc1c23. The van der Waals surface area contributed by atoms with Crippen LogP contribution in [0, 0.1) is 0 Å². The third-order valence-corrected chi connectivity index (χ3v) is 7.69. The summed E-state index contributed by atoms with van der Waals surface area (Å²) in [5.41, 5.74) is 2.15. The van der Waals surface area contributed by atoms with Crippen LogP contribution in [0.4, 0.5) is 5.69 Å². The second kappa shape index (κ2) is 11.5. The van der Waals surface area contributed by atoms with Gasteiger partial charge in [-0.2, -0.15) is 0 Å². The number of amides is 3. The predicted molar refractivity (Wildman–Crippen MR) is 149 cm³/mol. The first kappa shape index (κ1) is 27.0. The van der Waals surface area contributed by atoms with E-state index >= 15 is 0 Å². The summed E-state index contributed by atoms with van der Waals surface area (Å²) in [5.74, 6) is -0.492. The molecule has 3 aromatic rings. The van der Waals surface area contributed by atoms with Crippen LogP contribution >= 0.6 is 23.2 Å². The molecule has 6 nitrogen and oxygen atoms in total. The highest BCUT2D eigenvalue weighted by molar-refractivity contribution is 6.36. The molecule has 4 rings (SSSR count). The van der Waals surface area contributed by atoms with Gasteiger partial charge in [-0.1, -0.05) is 60.5 Å². The van der Waals surface area contributed by atoms with E-state index in [4.69, 9.17) is 23.2 Å². The van der Waals surface area contributed by atoms with Crippen LogP contribution in [0.15, 0.2) is 54.6 Å². The van der Waals surface area contributed by atoms with Crippen LogP contribution < -0.4 is 10.2 Å². The molecule has 37 heavy (non-hydrogen) atoms. The van der Waals surface area contributed by atoms with Crippen molar-refractivity contribution in [3.63, 3.8) is 0 Å². The molecule has 0 bridgehead atoms. The Balaban J connectivity index is 1.49. The Labute approximate surface area is 227 Å². The summed E-state index contributed by atoms with van der Waals surface area (Å²) in [6.07, 6.45) is 1.39. The molecule has 1 N–H and O–H groups in total. The molecule has 0 saturated heterocycles. The summed E-state index contributed by atoms with van der Waals surface area (Å²) in [4.78, 5) is 42.8. The summed E-state index contributed by atoms with van der Waals surface area (Å²) >= 11 is 12.8. The number of hydrogen-bond acceptors (Lipinski definition) is 3. The Hall–Kier alpha value is -3.09. The van der Waals surface area contributed by atoms with E-state index in [9.17, 15) is 14.4 Å². The van der Waals surface area contributed by atoms with E-state index in [0.29, 0.717) is 34.1 Å². The van der Waals surface area contributed by atoms with E-state index in [1.807, 2.05) is 50.2 Å². The van der Waals surface area contributed by atoms with Gasteiger partial charge in [-0.25, -0.2) is 0 Å². The molecule has 0 spiro atoms. The van der Waals surface area contributed by atoms with Crippen LogP contribution in [-0.4, -0.2) is 41.2 Å². The molecule has 1 aliphatic heterocycles. The van der Waals surface area contributed by atoms with Crippen molar-refractivity contribution in [2.45, 2.75) is 58.7 Å². The molecule has 0 aromatic heterocycles. The summed E-state index contributed by atoms with van der Waals surface area (Å²) in [7, 11) is 0. The fraction of sp³-hybridized carbons (Fsp3) is 0.345. The van der Waals surface area contributed by atoms with Gasteiger partial charge >= 0.3 is 0 Å². The van der Waals surface area contributed by atoms with Gasteiger partial charge in [-0.3, -0.25) is 14.4 Å². The first-order valence-corrected chi connectivity index (χ1v) is 13.3. The van der Waals surface area contributed by atoms with Gasteiger partial charge < -0.3 is 15.1 Å². The van der Waals surface area contributed by atoms with E-state index in [2.05, 4.69) is 5.32 Å². The smallest absolute Gasteiger partial charge is 0.258 e.